The van der Waals surface area contributed by atoms with Gasteiger partial charge in [-0.2, -0.15) is 0 Å². The van der Waals surface area contributed by atoms with Crippen molar-refractivity contribution in [1.29, 1.82) is 0 Å². The number of carbonyl (C=O) groups excluding carboxylic acids is 2. The zero-order valence-corrected chi connectivity index (χ0v) is 15.4. The van der Waals surface area contributed by atoms with E-state index in [1.54, 1.807) is 42.5 Å². The summed E-state index contributed by atoms with van der Waals surface area (Å²) < 4.78 is 31.0. The Bertz CT molecular complexity index is 1040. The van der Waals surface area contributed by atoms with Crippen molar-refractivity contribution in [2.24, 2.45) is 4.99 Å². The molecule has 2 aromatic carbocycles. The number of nitrogens with one attached hydrogen (secondary N) is 2. The molecule has 8 nitrogen and oxygen atoms in total. The number of carbonyl (C=O) groups is 2. The van der Waals surface area contributed by atoms with Gasteiger partial charge in [0.25, 0.3) is 15.9 Å². The molecule has 0 aromatic heterocycles. The molecule has 1 aliphatic rings. The van der Waals surface area contributed by atoms with Gasteiger partial charge in [0.1, 0.15) is 12.4 Å². The summed E-state index contributed by atoms with van der Waals surface area (Å²) in [4.78, 5) is 27.6. The molecule has 0 fully saturated rings. The number of anilines is 1. The van der Waals surface area contributed by atoms with E-state index >= 15 is 0 Å². The van der Waals surface area contributed by atoms with Crippen LogP contribution in [0.15, 0.2) is 58.4 Å². The summed E-state index contributed by atoms with van der Waals surface area (Å²) in [6.07, 6.45) is 0. The standard InChI is InChI=1S/C17H14ClN3O5S/c18-11-4-3-5-12(8-11)20-15(22)10-26-16(23)9-19-17-13-6-1-2-7-14(13)27(24,25)21-17/h1-8H,9-10H2,(H,19,21)(H,20,22). The van der Waals surface area contributed by atoms with Gasteiger partial charge in [-0.25, -0.2) is 8.42 Å². The van der Waals surface area contributed by atoms with Crippen LogP contribution < -0.4 is 10.0 Å². The van der Waals surface area contributed by atoms with Gasteiger partial charge in [-0.1, -0.05) is 29.8 Å². The molecule has 1 heterocycles. The van der Waals surface area contributed by atoms with Crippen LogP contribution in [0.2, 0.25) is 5.02 Å². The molecule has 0 radical (unpaired) electrons. The van der Waals surface area contributed by atoms with Crippen molar-refractivity contribution in [1.82, 2.24) is 4.72 Å². The fourth-order valence-corrected chi connectivity index (χ4v) is 3.79. The number of sulfonamides is 1. The molecule has 2 N–H and O–H groups in total. The van der Waals surface area contributed by atoms with Gasteiger partial charge in [-0.3, -0.25) is 19.3 Å². The molecule has 2 aromatic rings. The van der Waals surface area contributed by atoms with E-state index in [-0.39, 0.29) is 10.7 Å². The van der Waals surface area contributed by atoms with Crippen LogP contribution in [0.5, 0.6) is 0 Å². The predicted molar refractivity (Wildman–Crippen MR) is 99.2 cm³/mol. The molecule has 140 valence electrons. The van der Waals surface area contributed by atoms with Crippen molar-refractivity contribution in [3.63, 3.8) is 0 Å². The highest BCUT2D eigenvalue weighted by atomic mass is 35.5. The lowest BCUT2D eigenvalue weighted by molar-refractivity contribution is -0.145. The zero-order chi connectivity index (χ0) is 19.4. The molecule has 0 saturated carbocycles. The van der Waals surface area contributed by atoms with Crippen molar-refractivity contribution in [3.05, 3.63) is 59.1 Å². The summed E-state index contributed by atoms with van der Waals surface area (Å²) in [7, 11) is -3.67. The molecule has 0 aliphatic carbocycles. The van der Waals surface area contributed by atoms with Crippen LogP contribution in [-0.2, 0) is 24.3 Å². The second-order valence-corrected chi connectivity index (χ2v) is 7.57. The Labute approximate surface area is 160 Å². The number of benzene rings is 2. The van der Waals surface area contributed by atoms with Crippen LogP contribution in [0.25, 0.3) is 0 Å². The smallest absolute Gasteiger partial charge is 0.328 e. The molecule has 10 heteroatoms. The molecule has 0 spiro atoms. The summed E-state index contributed by atoms with van der Waals surface area (Å²) in [5.41, 5.74) is 0.852. The lowest BCUT2D eigenvalue weighted by atomic mass is 10.2. The van der Waals surface area contributed by atoms with Crippen molar-refractivity contribution >= 4 is 45.0 Å². The summed E-state index contributed by atoms with van der Waals surface area (Å²) in [6.45, 7) is -0.935. The largest absolute Gasteiger partial charge is 0.454 e. The van der Waals surface area contributed by atoms with Gasteiger partial charge < -0.3 is 10.1 Å². The number of esters is 1. The number of nitrogens with zero attached hydrogens (tertiary/aromatic N) is 1. The molecule has 27 heavy (non-hydrogen) atoms. The lowest BCUT2D eigenvalue weighted by Gasteiger charge is -2.06. The van der Waals surface area contributed by atoms with Gasteiger partial charge in [0.2, 0.25) is 0 Å². The van der Waals surface area contributed by atoms with Gasteiger partial charge >= 0.3 is 5.97 Å². The quantitative estimate of drug-likeness (QED) is 0.730. The molecule has 1 aliphatic heterocycles. The SMILES string of the molecule is O=C(COC(=O)CN=C1NS(=O)(=O)c2ccccc21)Nc1cccc(Cl)c1. The Balaban J connectivity index is 1.54. The maximum Gasteiger partial charge on any atom is 0.328 e. The van der Waals surface area contributed by atoms with Gasteiger partial charge in [-0.15, -0.1) is 0 Å². The number of amides is 1. The molecule has 0 bridgehead atoms. The number of amidine groups is 1. The molecular weight excluding hydrogens is 394 g/mol. The number of rotatable bonds is 5. The monoisotopic (exact) mass is 407 g/mol. The number of hydrogen-bond donors (Lipinski definition) is 2. The topological polar surface area (TPSA) is 114 Å². The van der Waals surface area contributed by atoms with Gasteiger partial charge in [0.05, 0.1) is 4.90 Å². The average Bonchev–Trinajstić information content (AvgIpc) is 2.89. The minimum absolute atomic E-state index is 0.0610. The molecular formula is C17H14ClN3O5S. The zero-order valence-electron chi connectivity index (χ0n) is 13.8. The number of aliphatic imine (C=N–C) groups is 1. The highest BCUT2D eigenvalue weighted by Gasteiger charge is 2.30. The van der Waals surface area contributed by atoms with E-state index in [0.29, 0.717) is 16.3 Å². The summed E-state index contributed by atoms with van der Waals surface area (Å²) in [5.74, 6) is -1.25. The fourth-order valence-electron chi connectivity index (χ4n) is 2.35. The number of ether oxygens (including phenoxy) is 1. The van der Waals surface area contributed by atoms with E-state index < -0.39 is 35.1 Å². The van der Waals surface area contributed by atoms with Crippen LogP contribution >= 0.6 is 11.6 Å². The molecule has 3 rings (SSSR count). The van der Waals surface area contributed by atoms with Crippen molar-refractivity contribution < 1.29 is 22.7 Å². The third kappa shape index (κ3) is 4.63. The molecule has 0 atom stereocenters. The van der Waals surface area contributed by atoms with E-state index in [1.807, 2.05) is 0 Å². The second-order valence-electron chi connectivity index (χ2n) is 5.49. The molecule has 1 amide bonds. The van der Waals surface area contributed by atoms with E-state index in [2.05, 4.69) is 15.0 Å². The minimum atomic E-state index is -3.67. The van der Waals surface area contributed by atoms with Gasteiger partial charge in [0.15, 0.2) is 6.61 Å². The highest BCUT2D eigenvalue weighted by molar-refractivity contribution is 7.90. The van der Waals surface area contributed by atoms with Crippen LogP contribution in [-0.4, -0.2) is 39.3 Å². The van der Waals surface area contributed by atoms with E-state index in [1.165, 1.54) is 6.07 Å². The summed E-state index contributed by atoms with van der Waals surface area (Å²) in [6, 6.07) is 12.8. The first-order chi connectivity index (χ1) is 12.8. The van der Waals surface area contributed by atoms with Crippen molar-refractivity contribution in [2.75, 3.05) is 18.5 Å². The van der Waals surface area contributed by atoms with Crippen LogP contribution in [0.4, 0.5) is 5.69 Å². The van der Waals surface area contributed by atoms with Crippen molar-refractivity contribution in [3.8, 4) is 0 Å². The maximum absolute atomic E-state index is 12.0. The average molecular weight is 408 g/mol. The highest BCUT2D eigenvalue weighted by Crippen LogP contribution is 2.22. The number of hydrogen-bond acceptors (Lipinski definition) is 6. The third-order valence-corrected chi connectivity index (χ3v) is 5.13. The first kappa shape index (κ1) is 18.9. The maximum atomic E-state index is 12.0. The lowest BCUT2D eigenvalue weighted by Crippen LogP contribution is -2.25. The Morgan fingerprint density at radius 3 is 2.70 bits per heavy atom. The fraction of sp³-hybridized carbons (Fsp3) is 0.118. The van der Waals surface area contributed by atoms with E-state index in [4.69, 9.17) is 16.3 Å². The van der Waals surface area contributed by atoms with Crippen LogP contribution in [0.1, 0.15) is 5.56 Å². The third-order valence-electron chi connectivity index (χ3n) is 3.50. The summed E-state index contributed by atoms with van der Waals surface area (Å²) in [5, 5.41) is 2.99. The number of halogens is 1. The first-order valence-electron chi connectivity index (χ1n) is 7.73. The van der Waals surface area contributed by atoms with Crippen molar-refractivity contribution in [2.45, 2.75) is 4.90 Å². The molecule has 0 unspecified atom stereocenters. The van der Waals surface area contributed by atoms with Crippen LogP contribution in [0, 0.1) is 0 Å². The molecule has 0 saturated heterocycles. The Hall–Kier alpha value is -2.91. The van der Waals surface area contributed by atoms with Gasteiger partial charge in [-0.05, 0) is 30.3 Å². The van der Waals surface area contributed by atoms with Gasteiger partial charge in [0, 0.05) is 16.3 Å². The Kier molecular flexibility index (Phi) is 5.43. The van der Waals surface area contributed by atoms with E-state index in [9.17, 15) is 18.0 Å². The summed E-state index contributed by atoms with van der Waals surface area (Å²) >= 11 is 5.82. The minimum Gasteiger partial charge on any atom is -0.454 e. The number of fused-ring (bicyclic) bond motifs is 1. The normalized spacial score (nSPS) is 15.7. The Morgan fingerprint density at radius 1 is 1.15 bits per heavy atom. The van der Waals surface area contributed by atoms with E-state index in [0.717, 1.165) is 0 Å². The first-order valence-corrected chi connectivity index (χ1v) is 9.59. The Morgan fingerprint density at radius 2 is 1.93 bits per heavy atom. The second kappa shape index (κ2) is 7.77. The predicted octanol–water partition coefficient (Wildman–Crippen LogP) is 1.56. The van der Waals surface area contributed by atoms with Crippen LogP contribution in [0.3, 0.4) is 0 Å².